The highest BCUT2D eigenvalue weighted by atomic mass is 16.6. The van der Waals surface area contributed by atoms with Crippen molar-refractivity contribution >= 4 is 16.8 Å². The molecule has 1 aromatic heterocycles. The summed E-state index contributed by atoms with van der Waals surface area (Å²) in [7, 11) is 0. The highest BCUT2D eigenvalue weighted by molar-refractivity contribution is 5.83. The van der Waals surface area contributed by atoms with E-state index in [1.54, 1.807) is 4.90 Å². The minimum atomic E-state index is -0.651. The molecule has 6 nitrogen and oxygen atoms in total. The predicted molar refractivity (Wildman–Crippen MR) is 108 cm³/mol. The number of para-hydroxylation sites is 3. The summed E-state index contributed by atoms with van der Waals surface area (Å²) in [6, 6.07) is 19.2. The van der Waals surface area contributed by atoms with Gasteiger partial charge in [-0.3, -0.25) is 4.79 Å². The molecule has 3 atom stereocenters. The van der Waals surface area contributed by atoms with Crippen LogP contribution >= 0.6 is 0 Å². The van der Waals surface area contributed by atoms with E-state index in [0.717, 1.165) is 17.3 Å². The minimum Gasteiger partial charge on any atom is -0.482 e. The lowest BCUT2D eigenvalue weighted by molar-refractivity contribution is -0.143. The van der Waals surface area contributed by atoms with E-state index in [2.05, 4.69) is 4.98 Å². The van der Waals surface area contributed by atoms with Crippen LogP contribution in [0.3, 0.4) is 0 Å². The molecule has 0 radical (unpaired) electrons. The lowest BCUT2D eigenvalue weighted by Gasteiger charge is -2.33. The number of ether oxygens (including phenoxy) is 3. The average molecular weight is 390 g/mol. The molecule has 1 saturated heterocycles. The number of carbonyl (C=O) groups is 1. The molecular weight excluding hydrogens is 368 g/mol. The molecular formula is C23H22N2O4. The van der Waals surface area contributed by atoms with Gasteiger partial charge in [-0.25, -0.2) is 4.98 Å². The van der Waals surface area contributed by atoms with Crippen molar-refractivity contribution in [3.05, 3.63) is 60.7 Å². The number of aromatic nitrogens is 1. The highest BCUT2D eigenvalue weighted by Crippen LogP contribution is 2.34. The maximum absolute atomic E-state index is 13.0. The Balaban J connectivity index is 1.25. The molecule has 0 saturated carbocycles. The van der Waals surface area contributed by atoms with Crippen LogP contribution in [0, 0.1) is 0 Å². The predicted octanol–water partition coefficient (Wildman–Crippen LogP) is 3.44. The number of likely N-dealkylation sites (tertiary alicyclic amines) is 1. The molecule has 2 aliphatic rings. The number of hydrogen-bond donors (Lipinski definition) is 0. The fourth-order valence-corrected chi connectivity index (χ4v) is 3.88. The van der Waals surface area contributed by atoms with Crippen LogP contribution < -0.4 is 14.2 Å². The average Bonchev–Trinajstić information content (AvgIpc) is 3.21. The van der Waals surface area contributed by atoms with E-state index in [4.69, 9.17) is 14.2 Å². The molecule has 0 spiro atoms. The third-order valence-electron chi connectivity index (χ3n) is 5.40. The lowest BCUT2D eigenvalue weighted by atomic mass is 10.1. The van der Waals surface area contributed by atoms with Gasteiger partial charge in [0, 0.05) is 24.4 Å². The van der Waals surface area contributed by atoms with Crippen molar-refractivity contribution in [3.63, 3.8) is 0 Å². The van der Waals surface area contributed by atoms with Gasteiger partial charge in [-0.05, 0) is 31.2 Å². The van der Waals surface area contributed by atoms with Gasteiger partial charge in [-0.2, -0.15) is 0 Å². The second-order valence-corrected chi connectivity index (χ2v) is 7.46. The first-order chi connectivity index (χ1) is 14.2. The summed E-state index contributed by atoms with van der Waals surface area (Å²) in [5.74, 6) is 1.80. The second kappa shape index (κ2) is 7.28. The Morgan fingerprint density at radius 3 is 2.66 bits per heavy atom. The van der Waals surface area contributed by atoms with E-state index in [-0.39, 0.29) is 18.1 Å². The monoisotopic (exact) mass is 390 g/mol. The SMILES string of the molecule is CC1Oc2ccccc2OC1C(=O)N1CCC(Oc2ccc3ccccc3n2)C1. The van der Waals surface area contributed by atoms with E-state index in [9.17, 15) is 4.79 Å². The van der Waals surface area contributed by atoms with Gasteiger partial charge >= 0.3 is 0 Å². The molecule has 1 fully saturated rings. The molecule has 3 aromatic rings. The van der Waals surface area contributed by atoms with Crippen molar-refractivity contribution in [2.24, 2.45) is 0 Å². The van der Waals surface area contributed by atoms with E-state index in [0.29, 0.717) is 30.5 Å². The van der Waals surface area contributed by atoms with E-state index in [1.165, 1.54) is 0 Å². The minimum absolute atomic E-state index is 0.0652. The Labute approximate surface area is 169 Å². The fraction of sp³-hybridized carbons (Fsp3) is 0.304. The van der Waals surface area contributed by atoms with Gasteiger partial charge in [0.05, 0.1) is 12.1 Å². The topological polar surface area (TPSA) is 60.9 Å². The van der Waals surface area contributed by atoms with E-state index >= 15 is 0 Å². The van der Waals surface area contributed by atoms with Crippen LogP contribution in [-0.4, -0.2) is 47.2 Å². The second-order valence-electron chi connectivity index (χ2n) is 7.46. The van der Waals surface area contributed by atoms with Gasteiger partial charge in [0.2, 0.25) is 12.0 Å². The molecule has 148 valence electrons. The highest BCUT2D eigenvalue weighted by Gasteiger charge is 2.39. The van der Waals surface area contributed by atoms with Gasteiger partial charge < -0.3 is 19.1 Å². The molecule has 5 rings (SSSR count). The van der Waals surface area contributed by atoms with Crippen molar-refractivity contribution in [2.45, 2.75) is 31.7 Å². The summed E-state index contributed by atoms with van der Waals surface area (Å²) in [6.45, 7) is 3.01. The first-order valence-corrected chi connectivity index (χ1v) is 9.91. The normalized spacial score (nSPS) is 23.2. The van der Waals surface area contributed by atoms with Crippen molar-refractivity contribution in [2.75, 3.05) is 13.1 Å². The Hall–Kier alpha value is -3.28. The van der Waals surface area contributed by atoms with Crippen LogP contribution in [0.5, 0.6) is 17.4 Å². The third kappa shape index (κ3) is 3.46. The quantitative estimate of drug-likeness (QED) is 0.686. The molecule has 1 amide bonds. The molecule has 2 aliphatic heterocycles. The Morgan fingerprint density at radius 1 is 1.03 bits per heavy atom. The van der Waals surface area contributed by atoms with Crippen molar-refractivity contribution in [1.82, 2.24) is 9.88 Å². The third-order valence-corrected chi connectivity index (χ3v) is 5.40. The molecule has 6 heteroatoms. The number of nitrogens with zero attached hydrogens (tertiary/aromatic N) is 2. The smallest absolute Gasteiger partial charge is 0.267 e. The van der Waals surface area contributed by atoms with Gasteiger partial charge in [-0.15, -0.1) is 0 Å². The number of pyridine rings is 1. The molecule has 3 heterocycles. The van der Waals surface area contributed by atoms with Crippen LogP contribution in [0.2, 0.25) is 0 Å². The van der Waals surface area contributed by atoms with Crippen LogP contribution in [-0.2, 0) is 4.79 Å². The van der Waals surface area contributed by atoms with Crippen LogP contribution in [0.25, 0.3) is 10.9 Å². The molecule has 3 unspecified atom stereocenters. The van der Waals surface area contributed by atoms with Crippen molar-refractivity contribution in [1.29, 1.82) is 0 Å². The number of benzene rings is 2. The summed E-state index contributed by atoms with van der Waals surface area (Å²) < 4.78 is 17.9. The Morgan fingerprint density at radius 2 is 1.79 bits per heavy atom. The number of rotatable bonds is 3. The zero-order valence-corrected chi connectivity index (χ0v) is 16.2. The van der Waals surface area contributed by atoms with Crippen LogP contribution in [0.15, 0.2) is 60.7 Å². The Bertz CT molecular complexity index is 1050. The van der Waals surface area contributed by atoms with Crippen molar-refractivity contribution < 1.29 is 19.0 Å². The Kier molecular flexibility index (Phi) is 4.46. The molecule has 0 N–H and O–H groups in total. The largest absolute Gasteiger partial charge is 0.482 e. The molecule has 0 bridgehead atoms. The van der Waals surface area contributed by atoms with Crippen LogP contribution in [0.1, 0.15) is 13.3 Å². The number of fused-ring (bicyclic) bond motifs is 2. The van der Waals surface area contributed by atoms with E-state index in [1.807, 2.05) is 67.6 Å². The summed E-state index contributed by atoms with van der Waals surface area (Å²) >= 11 is 0. The van der Waals surface area contributed by atoms with Gasteiger partial charge in [0.25, 0.3) is 5.91 Å². The van der Waals surface area contributed by atoms with Crippen LogP contribution in [0.4, 0.5) is 0 Å². The summed E-state index contributed by atoms with van der Waals surface area (Å²) in [6.07, 6.45) is -0.319. The number of hydrogen-bond acceptors (Lipinski definition) is 5. The van der Waals surface area contributed by atoms with Gasteiger partial charge in [0.15, 0.2) is 11.5 Å². The molecule has 0 aliphatic carbocycles. The zero-order valence-electron chi connectivity index (χ0n) is 16.2. The number of amides is 1. The fourth-order valence-electron chi connectivity index (χ4n) is 3.88. The molecule has 2 aromatic carbocycles. The first-order valence-electron chi connectivity index (χ1n) is 9.91. The summed E-state index contributed by atoms with van der Waals surface area (Å²) in [4.78, 5) is 19.4. The number of carbonyl (C=O) groups excluding carboxylic acids is 1. The zero-order chi connectivity index (χ0) is 19.8. The standard InChI is InChI=1S/C23H22N2O4/c1-15-22(29-20-9-5-4-8-19(20)27-15)23(26)25-13-12-17(14-25)28-21-11-10-16-6-2-3-7-18(16)24-21/h2-11,15,17,22H,12-14H2,1H3. The maximum Gasteiger partial charge on any atom is 0.267 e. The summed E-state index contributed by atoms with van der Waals surface area (Å²) in [5, 5.41) is 1.08. The molecule has 29 heavy (non-hydrogen) atoms. The summed E-state index contributed by atoms with van der Waals surface area (Å²) in [5.41, 5.74) is 0.899. The maximum atomic E-state index is 13.0. The van der Waals surface area contributed by atoms with Gasteiger partial charge in [0.1, 0.15) is 12.2 Å². The van der Waals surface area contributed by atoms with E-state index < -0.39 is 6.10 Å². The van der Waals surface area contributed by atoms with Crippen molar-refractivity contribution in [3.8, 4) is 17.4 Å². The lowest BCUT2D eigenvalue weighted by Crippen LogP contribution is -2.50. The first kappa shape index (κ1) is 17.8. The van der Waals surface area contributed by atoms with Gasteiger partial charge in [-0.1, -0.05) is 30.3 Å².